The third-order valence-corrected chi connectivity index (χ3v) is 4.02. The van der Waals surface area contributed by atoms with E-state index < -0.39 is 0 Å². The molecule has 2 aromatic heterocycles. The van der Waals surface area contributed by atoms with Crippen molar-refractivity contribution in [1.29, 1.82) is 0 Å². The van der Waals surface area contributed by atoms with Gasteiger partial charge in [-0.2, -0.15) is 0 Å². The Hall–Kier alpha value is -3.08. The maximum absolute atomic E-state index is 12.5. The van der Waals surface area contributed by atoms with Gasteiger partial charge >= 0.3 is 0 Å². The Kier molecular flexibility index (Phi) is 4.84. The lowest BCUT2D eigenvalue weighted by Crippen LogP contribution is -2.06. The molecule has 3 N–H and O–H groups in total. The smallest absolute Gasteiger partial charge is 0.170 e. The highest BCUT2D eigenvalue weighted by atomic mass is 16.3. The zero-order valence-electron chi connectivity index (χ0n) is 14.4. The fraction of sp³-hybridized carbons (Fsp3) is 0.200. The third-order valence-electron chi connectivity index (χ3n) is 4.02. The largest absolute Gasteiger partial charge is 0.466 e. The van der Waals surface area contributed by atoms with Crippen LogP contribution in [-0.2, 0) is 13.0 Å². The van der Waals surface area contributed by atoms with Crippen LogP contribution in [0.3, 0.4) is 0 Å². The summed E-state index contributed by atoms with van der Waals surface area (Å²) in [7, 11) is 0. The number of hydrogen-bond donors (Lipinski definition) is 2. The van der Waals surface area contributed by atoms with E-state index in [4.69, 9.17) is 10.2 Å². The number of nitrogens with two attached hydrogens (primary N) is 1. The number of carbonyl (C=O) groups is 1. The summed E-state index contributed by atoms with van der Waals surface area (Å²) in [5.74, 6) is 1.97. The highest BCUT2D eigenvalue weighted by Gasteiger charge is 2.14. The Bertz CT molecular complexity index is 899. The Morgan fingerprint density at radius 1 is 1.16 bits per heavy atom. The Morgan fingerprint density at radius 3 is 2.68 bits per heavy atom. The highest BCUT2D eigenvalue weighted by molar-refractivity contribution is 5.98. The molecule has 0 fully saturated rings. The number of aryl methyl sites for hydroxylation is 2. The van der Waals surface area contributed by atoms with Crippen LogP contribution < -0.4 is 11.1 Å². The van der Waals surface area contributed by atoms with E-state index in [1.807, 2.05) is 50.2 Å². The molecule has 0 amide bonds. The second kappa shape index (κ2) is 7.21. The molecule has 3 rings (SSSR count). The SMILES string of the molecule is Cc1cc(C(=O)Cc2cccc(CNc3cccnc3N)c2)c(C)o1. The lowest BCUT2D eigenvalue weighted by Gasteiger charge is -2.09. The maximum atomic E-state index is 12.5. The average molecular weight is 335 g/mol. The van der Waals surface area contributed by atoms with Crippen LogP contribution in [0.4, 0.5) is 11.5 Å². The first kappa shape index (κ1) is 16.8. The van der Waals surface area contributed by atoms with E-state index >= 15 is 0 Å². The topological polar surface area (TPSA) is 81.2 Å². The summed E-state index contributed by atoms with van der Waals surface area (Å²) < 4.78 is 5.45. The van der Waals surface area contributed by atoms with Crippen molar-refractivity contribution >= 4 is 17.3 Å². The van der Waals surface area contributed by atoms with Crippen LogP contribution in [0.25, 0.3) is 0 Å². The van der Waals surface area contributed by atoms with Crippen LogP contribution in [-0.4, -0.2) is 10.8 Å². The molecule has 0 saturated heterocycles. The molecule has 1 aromatic carbocycles. The first-order valence-electron chi connectivity index (χ1n) is 8.15. The van der Waals surface area contributed by atoms with Crippen molar-refractivity contribution in [1.82, 2.24) is 4.98 Å². The summed E-state index contributed by atoms with van der Waals surface area (Å²) in [5, 5.41) is 3.27. The molecule has 0 aliphatic heterocycles. The van der Waals surface area contributed by atoms with E-state index in [0.29, 0.717) is 30.1 Å². The molecule has 0 aliphatic rings. The van der Waals surface area contributed by atoms with Crippen molar-refractivity contribution in [3.05, 3.63) is 76.9 Å². The molecule has 5 heteroatoms. The first-order chi connectivity index (χ1) is 12.0. The van der Waals surface area contributed by atoms with Gasteiger partial charge in [-0.15, -0.1) is 0 Å². The third kappa shape index (κ3) is 4.07. The predicted molar refractivity (Wildman–Crippen MR) is 98.6 cm³/mol. The number of rotatable bonds is 6. The van der Waals surface area contributed by atoms with Gasteiger partial charge in [0.15, 0.2) is 5.78 Å². The number of nitrogens with zero attached hydrogens (tertiary/aromatic N) is 1. The molecule has 0 spiro atoms. The van der Waals surface area contributed by atoms with Crippen molar-refractivity contribution in [2.75, 3.05) is 11.1 Å². The Morgan fingerprint density at radius 2 is 1.96 bits per heavy atom. The molecule has 5 nitrogen and oxygen atoms in total. The van der Waals surface area contributed by atoms with E-state index in [-0.39, 0.29) is 5.78 Å². The molecule has 3 aromatic rings. The Balaban J connectivity index is 1.68. The number of pyridine rings is 1. The number of anilines is 2. The van der Waals surface area contributed by atoms with Gasteiger partial charge in [0.1, 0.15) is 17.3 Å². The van der Waals surface area contributed by atoms with E-state index in [2.05, 4.69) is 10.3 Å². The lowest BCUT2D eigenvalue weighted by atomic mass is 10.0. The van der Waals surface area contributed by atoms with Crippen LogP contribution >= 0.6 is 0 Å². The molecular formula is C20H21N3O2. The van der Waals surface area contributed by atoms with Crippen LogP contribution in [0.15, 0.2) is 53.1 Å². The summed E-state index contributed by atoms with van der Waals surface area (Å²) in [6, 6.07) is 13.5. The second-order valence-electron chi connectivity index (χ2n) is 6.04. The summed E-state index contributed by atoms with van der Waals surface area (Å²) in [5.41, 5.74) is 9.34. The van der Waals surface area contributed by atoms with Gasteiger partial charge in [0.05, 0.1) is 11.3 Å². The number of aromatic nitrogens is 1. The highest BCUT2D eigenvalue weighted by Crippen LogP contribution is 2.18. The minimum Gasteiger partial charge on any atom is -0.466 e. The maximum Gasteiger partial charge on any atom is 0.170 e. The van der Waals surface area contributed by atoms with Crippen LogP contribution in [0.1, 0.15) is 33.0 Å². The van der Waals surface area contributed by atoms with Crippen molar-refractivity contribution in [3.63, 3.8) is 0 Å². The zero-order valence-corrected chi connectivity index (χ0v) is 14.4. The molecule has 25 heavy (non-hydrogen) atoms. The quantitative estimate of drug-likeness (QED) is 0.668. The van der Waals surface area contributed by atoms with Gasteiger partial charge in [0.25, 0.3) is 0 Å². The molecule has 0 radical (unpaired) electrons. The predicted octanol–water partition coefficient (Wildman–Crippen LogP) is 3.91. The van der Waals surface area contributed by atoms with Crippen LogP contribution in [0.2, 0.25) is 0 Å². The monoisotopic (exact) mass is 335 g/mol. The molecule has 0 bridgehead atoms. The Labute approximate surface area is 146 Å². The summed E-state index contributed by atoms with van der Waals surface area (Å²) in [4.78, 5) is 16.5. The van der Waals surface area contributed by atoms with E-state index in [1.54, 1.807) is 12.3 Å². The van der Waals surface area contributed by atoms with E-state index in [1.165, 1.54) is 0 Å². The van der Waals surface area contributed by atoms with Gasteiger partial charge in [-0.05, 0) is 43.2 Å². The first-order valence-corrected chi connectivity index (χ1v) is 8.15. The number of ketones is 1. The molecule has 0 unspecified atom stereocenters. The summed E-state index contributed by atoms with van der Waals surface area (Å²) >= 11 is 0. The minimum atomic E-state index is 0.0657. The van der Waals surface area contributed by atoms with Crippen LogP contribution in [0.5, 0.6) is 0 Å². The standard InChI is InChI=1S/C20H21N3O2/c1-13-9-17(14(2)25-13)19(24)11-15-5-3-6-16(10-15)12-23-18-7-4-8-22-20(18)21/h3-10,23H,11-12H2,1-2H3,(H2,21,22). The number of benzene rings is 1. The number of carbonyl (C=O) groups excluding carboxylic acids is 1. The van der Waals surface area contributed by atoms with Gasteiger partial charge in [0.2, 0.25) is 0 Å². The number of hydrogen-bond acceptors (Lipinski definition) is 5. The number of nitrogens with one attached hydrogen (secondary N) is 1. The van der Waals surface area contributed by atoms with Crippen molar-refractivity contribution in [2.45, 2.75) is 26.8 Å². The molecule has 0 saturated carbocycles. The fourth-order valence-electron chi connectivity index (χ4n) is 2.80. The number of furan rings is 1. The second-order valence-corrected chi connectivity index (χ2v) is 6.04. The minimum absolute atomic E-state index is 0.0657. The van der Waals surface area contributed by atoms with Crippen molar-refractivity contribution in [3.8, 4) is 0 Å². The number of nitrogen functional groups attached to an aromatic ring is 1. The van der Waals surface area contributed by atoms with Crippen molar-refractivity contribution in [2.24, 2.45) is 0 Å². The van der Waals surface area contributed by atoms with E-state index in [9.17, 15) is 4.79 Å². The van der Waals surface area contributed by atoms with Crippen LogP contribution in [0, 0.1) is 13.8 Å². The van der Waals surface area contributed by atoms with Gasteiger partial charge in [0, 0.05) is 19.2 Å². The molecule has 0 aliphatic carbocycles. The van der Waals surface area contributed by atoms with Gasteiger partial charge < -0.3 is 15.5 Å². The fourth-order valence-corrected chi connectivity index (χ4v) is 2.80. The molecule has 0 atom stereocenters. The normalized spacial score (nSPS) is 10.6. The summed E-state index contributed by atoms with van der Waals surface area (Å²) in [6.07, 6.45) is 2.01. The molecular weight excluding hydrogens is 314 g/mol. The average Bonchev–Trinajstić information content (AvgIpc) is 2.93. The lowest BCUT2D eigenvalue weighted by molar-refractivity contribution is 0.0991. The summed E-state index contributed by atoms with van der Waals surface area (Å²) in [6.45, 7) is 4.28. The number of Topliss-reactive ketones (excluding diaryl/α,β-unsaturated/α-hetero) is 1. The van der Waals surface area contributed by atoms with Gasteiger partial charge in [-0.3, -0.25) is 4.79 Å². The zero-order chi connectivity index (χ0) is 17.8. The van der Waals surface area contributed by atoms with Gasteiger partial charge in [-0.25, -0.2) is 4.98 Å². The molecule has 2 heterocycles. The van der Waals surface area contributed by atoms with Gasteiger partial charge in [-0.1, -0.05) is 24.3 Å². The van der Waals surface area contributed by atoms with E-state index in [0.717, 1.165) is 22.6 Å². The molecule has 128 valence electrons. The van der Waals surface area contributed by atoms with Crippen molar-refractivity contribution < 1.29 is 9.21 Å².